The number of sulfonamides is 1. The topological polar surface area (TPSA) is 102 Å². The van der Waals surface area contributed by atoms with E-state index in [1.807, 2.05) is 13.8 Å². The normalized spacial score (nSPS) is 14.7. The molecule has 2 aromatic carbocycles. The van der Waals surface area contributed by atoms with Gasteiger partial charge in [0.2, 0.25) is 10.0 Å². The molecule has 0 radical (unpaired) electrons. The van der Waals surface area contributed by atoms with Crippen molar-refractivity contribution in [1.82, 2.24) is 14.4 Å². The molecule has 180 valence electrons. The van der Waals surface area contributed by atoms with E-state index in [1.54, 1.807) is 41.3 Å². The van der Waals surface area contributed by atoms with Crippen molar-refractivity contribution in [3.63, 3.8) is 0 Å². The zero-order chi connectivity index (χ0) is 24.3. The molecule has 0 bridgehead atoms. The van der Waals surface area contributed by atoms with Gasteiger partial charge in [-0.3, -0.25) is 4.79 Å². The van der Waals surface area contributed by atoms with Gasteiger partial charge in [0.05, 0.1) is 23.3 Å². The van der Waals surface area contributed by atoms with E-state index in [2.05, 4.69) is 5.16 Å². The molecule has 1 saturated heterocycles. The summed E-state index contributed by atoms with van der Waals surface area (Å²) in [5.41, 5.74) is 2.22. The molecule has 0 aliphatic carbocycles. The number of hydrogen-bond donors (Lipinski definition) is 0. The van der Waals surface area contributed by atoms with Crippen LogP contribution in [0.3, 0.4) is 0 Å². The summed E-state index contributed by atoms with van der Waals surface area (Å²) in [6.07, 6.45) is 0. The van der Waals surface area contributed by atoms with E-state index in [9.17, 15) is 13.2 Å². The van der Waals surface area contributed by atoms with Crippen LogP contribution in [-0.4, -0.2) is 62.0 Å². The van der Waals surface area contributed by atoms with Gasteiger partial charge in [-0.05, 0) is 62.4 Å². The molecular weight excluding hydrogens is 458 g/mol. The molecule has 2 heterocycles. The van der Waals surface area contributed by atoms with E-state index in [0.717, 1.165) is 17.0 Å². The molecule has 0 saturated carbocycles. The van der Waals surface area contributed by atoms with Crippen molar-refractivity contribution < 1.29 is 27.2 Å². The molecular formula is C24H27N3O6S. The maximum absolute atomic E-state index is 12.9. The van der Waals surface area contributed by atoms with Crippen LogP contribution in [0.1, 0.15) is 27.4 Å². The average Bonchev–Trinajstić information content (AvgIpc) is 3.19. The average molecular weight is 486 g/mol. The fourth-order valence-electron chi connectivity index (χ4n) is 3.77. The summed E-state index contributed by atoms with van der Waals surface area (Å²) in [5.74, 6) is 1.80. The van der Waals surface area contributed by atoms with Crippen molar-refractivity contribution in [3.05, 3.63) is 71.1 Å². The molecule has 4 rings (SSSR count). The highest BCUT2D eigenvalue weighted by Gasteiger charge is 2.30. The van der Waals surface area contributed by atoms with E-state index in [4.69, 9.17) is 14.0 Å². The van der Waals surface area contributed by atoms with Crippen LogP contribution in [0.25, 0.3) is 0 Å². The lowest BCUT2D eigenvalue weighted by molar-refractivity contribution is 0.0698. The zero-order valence-corrected chi connectivity index (χ0v) is 20.2. The minimum Gasteiger partial charge on any atom is -0.497 e. The van der Waals surface area contributed by atoms with E-state index >= 15 is 0 Å². The molecule has 0 unspecified atom stereocenters. The first-order valence-electron chi connectivity index (χ1n) is 10.9. The molecule has 0 spiro atoms. The van der Waals surface area contributed by atoms with Gasteiger partial charge in [0, 0.05) is 31.7 Å². The van der Waals surface area contributed by atoms with Crippen molar-refractivity contribution in [2.45, 2.75) is 25.3 Å². The van der Waals surface area contributed by atoms with Crippen molar-refractivity contribution in [1.29, 1.82) is 0 Å². The Morgan fingerprint density at radius 3 is 2.15 bits per heavy atom. The molecule has 0 N–H and O–H groups in total. The molecule has 10 heteroatoms. The number of nitrogens with zero attached hydrogens (tertiary/aromatic N) is 3. The second-order valence-electron chi connectivity index (χ2n) is 7.99. The van der Waals surface area contributed by atoms with Crippen molar-refractivity contribution in [2.24, 2.45) is 0 Å². The molecule has 1 aliphatic heterocycles. The fraction of sp³-hybridized carbons (Fsp3) is 0.333. The molecule has 1 aromatic heterocycles. The van der Waals surface area contributed by atoms with Crippen LogP contribution in [0.5, 0.6) is 11.5 Å². The van der Waals surface area contributed by atoms with Gasteiger partial charge in [-0.15, -0.1) is 0 Å². The van der Waals surface area contributed by atoms with Gasteiger partial charge in [0.25, 0.3) is 5.91 Å². The number of aromatic nitrogens is 1. The number of carbonyl (C=O) groups excluding carboxylic acids is 1. The largest absolute Gasteiger partial charge is 0.497 e. The Bertz CT molecular complexity index is 1230. The van der Waals surface area contributed by atoms with E-state index in [-0.39, 0.29) is 23.9 Å². The monoisotopic (exact) mass is 485 g/mol. The van der Waals surface area contributed by atoms with Crippen molar-refractivity contribution in [3.8, 4) is 11.5 Å². The summed E-state index contributed by atoms with van der Waals surface area (Å²) in [5, 5.41) is 3.91. The Hall–Kier alpha value is -3.37. The van der Waals surface area contributed by atoms with Gasteiger partial charge in [0.15, 0.2) is 0 Å². The third kappa shape index (κ3) is 4.92. The molecule has 0 atom stereocenters. The van der Waals surface area contributed by atoms with Gasteiger partial charge in [-0.2, -0.15) is 4.31 Å². The van der Waals surface area contributed by atoms with Crippen LogP contribution in [0.15, 0.2) is 57.9 Å². The maximum Gasteiger partial charge on any atom is 0.253 e. The third-order valence-electron chi connectivity index (χ3n) is 5.89. The zero-order valence-electron chi connectivity index (χ0n) is 19.4. The van der Waals surface area contributed by atoms with Crippen LogP contribution < -0.4 is 9.47 Å². The first-order valence-corrected chi connectivity index (χ1v) is 12.3. The quantitative estimate of drug-likeness (QED) is 0.507. The molecule has 1 amide bonds. The van der Waals surface area contributed by atoms with Gasteiger partial charge < -0.3 is 18.9 Å². The number of aryl methyl sites for hydroxylation is 2. The maximum atomic E-state index is 12.9. The summed E-state index contributed by atoms with van der Waals surface area (Å²) in [4.78, 5) is 14.8. The fourth-order valence-corrected chi connectivity index (χ4v) is 5.19. The van der Waals surface area contributed by atoms with Crippen LogP contribution in [-0.2, 0) is 16.6 Å². The highest BCUT2D eigenvalue weighted by Crippen LogP contribution is 2.22. The Balaban J connectivity index is 1.34. The standard InChI is InChI=1S/C24H27N3O6S/c1-17-23(18(2)33-25-17)16-32-21-6-4-19(5-7-21)24(28)26-12-14-27(15-13-26)34(29,30)22-10-8-20(31-3)9-11-22/h4-11H,12-16H2,1-3H3. The minimum absolute atomic E-state index is 0.140. The Labute approximate surface area is 198 Å². The molecule has 1 aliphatic rings. The number of hydrogen-bond acceptors (Lipinski definition) is 7. The van der Waals surface area contributed by atoms with Crippen molar-refractivity contribution >= 4 is 15.9 Å². The molecule has 1 fully saturated rings. The number of methoxy groups -OCH3 is 1. The smallest absolute Gasteiger partial charge is 0.253 e. The lowest BCUT2D eigenvalue weighted by Gasteiger charge is -2.34. The minimum atomic E-state index is -3.63. The van der Waals surface area contributed by atoms with Crippen LogP contribution in [0, 0.1) is 13.8 Å². The predicted molar refractivity (Wildman–Crippen MR) is 124 cm³/mol. The Kier molecular flexibility index (Phi) is 6.90. The number of piperazine rings is 1. The second kappa shape index (κ2) is 9.86. The highest BCUT2D eigenvalue weighted by molar-refractivity contribution is 7.89. The molecule has 9 nitrogen and oxygen atoms in total. The van der Waals surface area contributed by atoms with Gasteiger partial charge in [-0.1, -0.05) is 5.16 Å². The number of carbonyl (C=O) groups is 1. The van der Waals surface area contributed by atoms with Gasteiger partial charge in [0.1, 0.15) is 23.9 Å². The van der Waals surface area contributed by atoms with E-state index in [1.165, 1.54) is 23.5 Å². The van der Waals surface area contributed by atoms with Crippen LogP contribution in [0.2, 0.25) is 0 Å². The summed E-state index contributed by atoms with van der Waals surface area (Å²) >= 11 is 0. The number of rotatable bonds is 7. The lowest BCUT2D eigenvalue weighted by atomic mass is 10.1. The number of ether oxygens (including phenoxy) is 2. The van der Waals surface area contributed by atoms with E-state index < -0.39 is 10.0 Å². The van der Waals surface area contributed by atoms with Crippen LogP contribution in [0.4, 0.5) is 0 Å². The third-order valence-corrected chi connectivity index (χ3v) is 7.80. The summed E-state index contributed by atoms with van der Waals surface area (Å²) in [6, 6.07) is 13.2. The van der Waals surface area contributed by atoms with Gasteiger partial charge in [-0.25, -0.2) is 8.42 Å². The van der Waals surface area contributed by atoms with E-state index in [0.29, 0.717) is 36.8 Å². The lowest BCUT2D eigenvalue weighted by Crippen LogP contribution is -2.50. The summed E-state index contributed by atoms with van der Waals surface area (Å²) in [6.45, 7) is 5.13. The van der Waals surface area contributed by atoms with Crippen molar-refractivity contribution in [2.75, 3.05) is 33.3 Å². The number of benzene rings is 2. The highest BCUT2D eigenvalue weighted by atomic mass is 32.2. The Morgan fingerprint density at radius 1 is 0.971 bits per heavy atom. The van der Waals surface area contributed by atoms with Gasteiger partial charge >= 0.3 is 0 Å². The molecule has 3 aromatic rings. The first-order chi connectivity index (χ1) is 16.3. The predicted octanol–water partition coefficient (Wildman–Crippen LogP) is 3.03. The number of amides is 1. The summed E-state index contributed by atoms with van der Waals surface area (Å²) < 4.78 is 43.3. The summed E-state index contributed by atoms with van der Waals surface area (Å²) in [7, 11) is -2.10. The Morgan fingerprint density at radius 2 is 1.59 bits per heavy atom. The SMILES string of the molecule is COc1ccc(S(=O)(=O)N2CCN(C(=O)c3ccc(OCc4c(C)noc4C)cc3)CC2)cc1. The molecule has 34 heavy (non-hydrogen) atoms. The first kappa shape index (κ1) is 23.8. The van der Waals surface area contributed by atoms with Crippen LogP contribution >= 0.6 is 0 Å². The second-order valence-corrected chi connectivity index (χ2v) is 9.93.